The summed E-state index contributed by atoms with van der Waals surface area (Å²) < 4.78 is 70.4. The highest BCUT2D eigenvalue weighted by molar-refractivity contribution is 7.92. The number of hydrogen-bond acceptors (Lipinski definition) is 4. The first kappa shape index (κ1) is 38.0. The third-order valence-corrected chi connectivity index (χ3v) is 10.3. The van der Waals surface area contributed by atoms with Crippen LogP contribution in [0.1, 0.15) is 30.5 Å². The molecule has 0 unspecified atom stereocenters. The van der Waals surface area contributed by atoms with Crippen LogP contribution < -0.4 is 9.62 Å². The number of benzene rings is 4. The van der Waals surface area contributed by atoms with E-state index in [9.17, 15) is 31.2 Å². The lowest BCUT2D eigenvalue weighted by atomic mass is 10.0. The predicted molar refractivity (Wildman–Crippen MR) is 186 cm³/mol. The Morgan fingerprint density at radius 1 is 0.816 bits per heavy atom. The monoisotopic (exact) mass is 753 g/mol. The second-order valence-electron chi connectivity index (χ2n) is 11.6. The molecule has 0 aliphatic rings. The zero-order valence-electron chi connectivity index (χ0n) is 26.4. The number of amides is 2. The molecule has 260 valence electrons. The quantitative estimate of drug-likeness (QED) is 0.149. The molecule has 0 aromatic heterocycles. The fourth-order valence-corrected chi connectivity index (χ4v) is 7.18. The van der Waals surface area contributed by atoms with Crippen molar-refractivity contribution in [2.24, 2.45) is 5.92 Å². The minimum atomic E-state index is -4.85. The molecule has 0 bridgehead atoms. The summed E-state index contributed by atoms with van der Waals surface area (Å²) in [6.07, 6.45) is -4.85. The van der Waals surface area contributed by atoms with Crippen LogP contribution in [0.4, 0.5) is 18.9 Å². The minimum Gasteiger partial charge on any atom is -0.354 e. The lowest BCUT2D eigenvalue weighted by Gasteiger charge is -2.34. The summed E-state index contributed by atoms with van der Waals surface area (Å²) >= 11 is 19.4. The van der Waals surface area contributed by atoms with Gasteiger partial charge in [-0.25, -0.2) is 8.42 Å². The maximum Gasteiger partial charge on any atom is 0.416 e. The van der Waals surface area contributed by atoms with Gasteiger partial charge in [-0.3, -0.25) is 13.9 Å². The fourth-order valence-electron chi connectivity index (χ4n) is 4.94. The van der Waals surface area contributed by atoms with Crippen LogP contribution in [0.3, 0.4) is 0 Å². The molecule has 0 radical (unpaired) electrons. The molecule has 14 heteroatoms. The van der Waals surface area contributed by atoms with Gasteiger partial charge in [-0.15, -0.1) is 0 Å². The summed E-state index contributed by atoms with van der Waals surface area (Å²) in [7, 11) is -4.70. The highest BCUT2D eigenvalue weighted by atomic mass is 35.5. The van der Waals surface area contributed by atoms with Gasteiger partial charge in [-0.05, 0) is 53.9 Å². The molecule has 2 amide bonds. The Kier molecular flexibility index (Phi) is 12.6. The highest BCUT2D eigenvalue weighted by Gasteiger charge is 2.37. The van der Waals surface area contributed by atoms with Crippen LogP contribution in [0.15, 0.2) is 102 Å². The van der Waals surface area contributed by atoms with Gasteiger partial charge < -0.3 is 10.2 Å². The third-order valence-electron chi connectivity index (χ3n) is 7.50. The van der Waals surface area contributed by atoms with Crippen molar-refractivity contribution in [1.82, 2.24) is 10.2 Å². The number of carbonyl (C=O) groups is 2. The average molecular weight is 755 g/mol. The number of nitrogens with one attached hydrogen (secondary N) is 1. The molecule has 7 nitrogen and oxygen atoms in total. The molecule has 4 aromatic carbocycles. The molecule has 0 heterocycles. The van der Waals surface area contributed by atoms with Gasteiger partial charge in [0.1, 0.15) is 12.6 Å². The summed E-state index contributed by atoms with van der Waals surface area (Å²) in [6, 6.07) is 21.4. The average Bonchev–Trinajstić information content (AvgIpc) is 3.05. The largest absolute Gasteiger partial charge is 0.416 e. The van der Waals surface area contributed by atoms with Crippen molar-refractivity contribution in [2.45, 2.75) is 43.9 Å². The fraction of sp³-hybridized carbons (Fsp3) is 0.257. The van der Waals surface area contributed by atoms with Crippen molar-refractivity contribution in [2.75, 3.05) is 17.4 Å². The molecule has 0 saturated carbocycles. The molecule has 0 aliphatic carbocycles. The van der Waals surface area contributed by atoms with Crippen molar-refractivity contribution >= 4 is 62.3 Å². The van der Waals surface area contributed by atoms with Crippen molar-refractivity contribution in [3.8, 4) is 0 Å². The van der Waals surface area contributed by atoms with Gasteiger partial charge in [-0.2, -0.15) is 13.2 Å². The molecule has 0 spiro atoms. The van der Waals surface area contributed by atoms with Crippen LogP contribution in [-0.4, -0.2) is 44.3 Å². The van der Waals surface area contributed by atoms with Crippen molar-refractivity contribution < 1.29 is 31.2 Å². The number of anilines is 1. The Morgan fingerprint density at radius 3 is 1.98 bits per heavy atom. The molecule has 0 fully saturated rings. The van der Waals surface area contributed by atoms with E-state index in [1.807, 2.05) is 13.8 Å². The van der Waals surface area contributed by atoms with Crippen LogP contribution in [0, 0.1) is 5.92 Å². The van der Waals surface area contributed by atoms with E-state index in [4.69, 9.17) is 34.8 Å². The van der Waals surface area contributed by atoms with Crippen molar-refractivity contribution in [3.05, 3.63) is 129 Å². The van der Waals surface area contributed by atoms with Crippen LogP contribution >= 0.6 is 34.8 Å². The van der Waals surface area contributed by atoms with Gasteiger partial charge in [-0.1, -0.05) is 103 Å². The van der Waals surface area contributed by atoms with Gasteiger partial charge in [0.05, 0.1) is 21.2 Å². The molecule has 1 atom stereocenters. The Morgan fingerprint density at radius 2 is 1.41 bits per heavy atom. The topological polar surface area (TPSA) is 86.8 Å². The lowest BCUT2D eigenvalue weighted by molar-refractivity contribution is -0.140. The highest BCUT2D eigenvalue weighted by Crippen LogP contribution is 2.38. The van der Waals surface area contributed by atoms with Crippen LogP contribution in [0.2, 0.25) is 15.1 Å². The maximum absolute atomic E-state index is 14.6. The van der Waals surface area contributed by atoms with Crippen LogP contribution in [-0.2, 0) is 38.8 Å². The standard InChI is InChI=1S/C35H33Cl3F3N3O4S/c1-23(2)20-42-34(46)32(18-24-10-5-3-6-11-24)43(21-27-28(36)14-9-15-29(27)37)33(45)22-44(49(47,48)26-12-7-4-8-13-26)31-19-25(35(39,40)41)16-17-30(31)38/h3-17,19,23,32H,18,20-22H2,1-2H3,(H,42,46)/t32-/m1/s1. The minimum absolute atomic E-state index is 0.00826. The first-order chi connectivity index (χ1) is 23.1. The summed E-state index contributed by atoms with van der Waals surface area (Å²) in [5.74, 6) is -1.41. The number of hydrogen-bond donors (Lipinski definition) is 1. The van der Waals surface area contributed by atoms with E-state index in [0.717, 1.165) is 11.0 Å². The molecule has 0 saturated heterocycles. The first-order valence-corrected chi connectivity index (χ1v) is 17.7. The van der Waals surface area contributed by atoms with E-state index in [2.05, 4.69) is 5.32 Å². The number of rotatable bonds is 13. The second kappa shape index (κ2) is 16.3. The number of sulfonamides is 1. The second-order valence-corrected chi connectivity index (χ2v) is 14.6. The maximum atomic E-state index is 14.6. The normalized spacial score (nSPS) is 12.4. The van der Waals surface area contributed by atoms with Crippen LogP contribution in [0.5, 0.6) is 0 Å². The number of alkyl halides is 3. The van der Waals surface area contributed by atoms with Gasteiger partial charge in [0.15, 0.2) is 0 Å². The molecular formula is C35H33Cl3F3N3O4S. The number of halogens is 6. The van der Waals surface area contributed by atoms with Crippen molar-refractivity contribution in [1.29, 1.82) is 0 Å². The van der Waals surface area contributed by atoms with E-state index in [0.29, 0.717) is 22.0 Å². The number of carbonyl (C=O) groups excluding carboxylic acids is 2. The molecule has 49 heavy (non-hydrogen) atoms. The van der Waals surface area contributed by atoms with E-state index in [1.54, 1.807) is 54.6 Å². The Hall–Kier alpha value is -3.77. The SMILES string of the molecule is CC(C)CNC(=O)[C@@H](Cc1ccccc1)N(Cc1c(Cl)cccc1Cl)C(=O)CN(c1cc(C(F)(F)F)ccc1Cl)S(=O)(=O)c1ccccc1. The predicted octanol–water partition coefficient (Wildman–Crippen LogP) is 8.27. The Balaban J connectivity index is 1.90. The molecular weight excluding hydrogens is 722 g/mol. The molecule has 4 aromatic rings. The van der Waals surface area contributed by atoms with Gasteiger partial charge in [0.25, 0.3) is 10.0 Å². The zero-order valence-corrected chi connectivity index (χ0v) is 29.5. The molecule has 4 rings (SSSR count). The van der Waals surface area contributed by atoms with Gasteiger partial charge >= 0.3 is 6.18 Å². The van der Waals surface area contributed by atoms with Gasteiger partial charge in [0, 0.05) is 35.1 Å². The summed E-state index contributed by atoms with van der Waals surface area (Å²) in [5, 5.41) is 2.86. The Labute approximate surface area is 298 Å². The smallest absolute Gasteiger partial charge is 0.354 e. The van der Waals surface area contributed by atoms with E-state index >= 15 is 0 Å². The van der Waals surface area contributed by atoms with Gasteiger partial charge in [0.2, 0.25) is 11.8 Å². The zero-order chi connectivity index (χ0) is 35.9. The van der Waals surface area contributed by atoms with Crippen molar-refractivity contribution in [3.63, 3.8) is 0 Å². The number of nitrogens with zero attached hydrogens (tertiary/aromatic N) is 2. The summed E-state index contributed by atoms with van der Waals surface area (Å²) in [4.78, 5) is 29.3. The Bertz CT molecular complexity index is 1860. The van der Waals surface area contributed by atoms with E-state index in [1.165, 1.54) is 24.3 Å². The molecule has 1 N–H and O–H groups in total. The van der Waals surface area contributed by atoms with E-state index in [-0.39, 0.29) is 51.0 Å². The lowest BCUT2D eigenvalue weighted by Crippen LogP contribution is -2.53. The van der Waals surface area contributed by atoms with Crippen LogP contribution in [0.25, 0.3) is 0 Å². The summed E-state index contributed by atoms with van der Waals surface area (Å²) in [6.45, 7) is 2.70. The summed E-state index contributed by atoms with van der Waals surface area (Å²) in [5.41, 5.74) is -0.788. The molecule has 0 aliphatic heterocycles. The first-order valence-electron chi connectivity index (χ1n) is 15.1. The third kappa shape index (κ3) is 9.69. The van der Waals surface area contributed by atoms with E-state index < -0.39 is 51.9 Å².